The van der Waals surface area contributed by atoms with Crippen LogP contribution in [0.1, 0.15) is 39.5 Å². The van der Waals surface area contributed by atoms with Crippen LogP contribution in [-0.2, 0) is 0 Å². The summed E-state index contributed by atoms with van der Waals surface area (Å²) in [5.41, 5.74) is 8.82. The molecule has 114 valence electrons. The first-order valence-corrected chi connectivity index (χ1v) is 8.52. The average molecular weight is 350 g/mol. The number of unbranched alkanes of at least 4 members (excludes halogenated alkanes) is 1. The zero-order chi connectivity index (χ0) is 15.2. The van der Waals surface area contributed by atoms with Gasteiger partial charge in [0, 0.05) is 16.4 Å². The highest BCUT2D eigenvalue weighted by molar-refractivity contribution is 9.10. The number of hydrogen-bond donors (Lipinski definition) is 2. The first-order chi connectivity index (χ1) is 10.2. The van der Waals surface area contributed by atoms with Gasteiger partial charge in [-0.1, -0.05) is 49.0 Å². The zero-order valence-electron chi connectivity index (χ0n) is 12.8. The number of halogens is 1. The van der Waals surface area contributed by atoms with Crippen LogP contribution >= 0.6 is 15.9 Å². The molecule has 0 amide bonds. The smallest absolute Gasteiger partial charge is 0.0743 e. The number of hydrogen-bond acceptors (Lipinski definition) is 3. The summed E-state index contributed by atoms with van der Waals surface area (Å²) in [6.45, 7) is 5.46. The molecule has 3 nitrogen and oxygen atoms in total. The van der Waals surface area contributed by atoms with Crippen LogP contribution in [0, 0.1) is 5.92 Å². The number of rotatable bonds is 7. The van der Waals surface area contributed by atoms with Crippen molar-refractivity contribution in [2.45, 2.75) is 39.5 Å². The summed E-state index contributed by atoms with van der Waals surface area (Å²) >= 11 is 3.52. The van der Waals surface area contributed by atoms with Gasteiger partial charge in [-0.15, -0.1) is 0 Å². The number of aromatic nitrogens is 1. The number of nitrogen functional groups attached to an aromatic ring is 1. The molecule has 3 N–H and O–H groups in total. The maximum atomic E-state index is 6.12. The highest BCUT2D eigenvalue weighted by atomic mass is 79.9. The van der Waals surface area contributed by atoms with E-state index in [0.29, 0.717) is 11.6 Å². The molecule has 1 atom stereocenters. The van der Waals surface area contributed by atoms with Gasteiger partial charge in [0.15, 0.2) is 0 Å². The van der Waals surface area contributed by atoms with Gasteiger partial charge in [-0.2, -0.15) is 0 Å². The van der Waals surface area contributed by atoms with Crippen molar-refractivity contribution >= 4 is 38.2 Å². The number of benzene rings is 1. The molecule has 4 heteroatoms. The highest BCUT2D eigenvalue weighted by Gasteiger charge is 2.10. The zero-order valence-corrected chi connectivity index (χ0v) is 14.4. The molecular formula is C17H24BrN3. The Bertz CT molecular complexity index is 593. The van der Waals surface area contributed by atoms with Crippen molar-refractivity contribution < 1.29 is 0 Å². The van der Waals surface area contributed by atoms with Crippen molar-refractivity contribution in [3.05, 3.63) is 28.9 Å². The van der Waals surface area contributed by atoms with Crippen molar-refractivity contribution in [3.63, 3.8) is 0 Å². The van der Waals surface area contributed by atoms with E-state index in [4.69, 9.17) is 5.73 Å². The summed E-state index contributed by atoms with van der Waals surface area (Å²) in [7, 11) is 0. The lowest BCUT2D eigenvalue weighted by molar-refractivity contribution is 0.473. The second-order valence-corrected chi connectivity index (χ2v) is 6.46. The molecule has 1 aromatic carbocycles. The van der Waals surface area contributed by atoms with Gasteiger partial charge in [0.25, 0.3) is 0 Å². The summed E-state index contributed by atoms with van der Waals surface area (Å²) in [6, 6.07) is 6.10. The van der Waals surface area contributed by atoms with Gasteiger partial charge in [0.05, 0.1) is 23.1 Å². The van der Waals surface area contributed by atoms with Crippen molar-refractivity contribution in [1.82, 2.24) is 4.98 Å². The monoisotopic (exact) mass is 349 g/mol. The minimum absolute atomic E-state index is 0.694. The lowest BCUT2D eigenvalue weighted by atomic mass is 9.99. The predicted octanol–water partition coefficient (Wildman–Crippen LogP) is 5.21. The molecular weight excluding hydrogens is 326 g/mol. The Morgan fingerprint density at radius 3 is 2.86 bits per heavy atom. The second kappa shape index (κ2) is 7.64. The minimum Gasteiger partial charge on any atom is -0.396 e. The lowest BCUT2D eigenvalue weighted by Crippen LogP contribution is -2.15. The second-order valence-electron chi connectivity index (χ2n) is 5.55. The van der Waals surface area contributed by atoms with Crippen LogP contribution < -0.4 is 11.1 Å². The summed E-state index contributed by atoms with van der Waals surface area (Å²) in [5, 5.41) is 4.64. The molecule has 0 radical (unpaired) electrons. The maximum absolute atomic E-state index is 6.12. The highest BCUT2D eigenvalue weighted by Crippen LogP contribution is 2.30. The minimum atomic E-state index is 0.694. The number of nitrogens with two attached hydrogens (primary N) is 1. The molecule has 0 aliphatic heterocycles. The third-order valence-corrected chi connectivity index (χ3v) is 4.46. The lowest BCUT2D eigenvalue weighted by Gasteiger charge is -2.18. The van der Waals surface area contributed by atoms with Gasteiger partial charge >= 0.3 is 0 Å². The number of pyridine rings is 1. The van der Waals surface area contributed by atoms with Gasteiger partial charge in [-0.3, -0.25) is 4.98 Å². The SMILES string of the molecule is CCCCC(CC)CNc1c(N)cnc2ccc(Br)cc12. The molecule has 0 bridgehead atoms. The molecule has 1 unspecified atom stereocenters. The third kappa shape index (κ3) is 4.10. The molecule has 1 heterocycles. The van der Waals surface area contributed by atoms with Crippen LogP contribution in [0.25, 0.3) is 10.9 Å². The standard InChI is InChI=1S/C17H24BrN3/c1-3-5-6-12(4-2)10-21-17-14-9-13(18)7-8-16(14)20-11-15(17)19/h7-9,11-12H,3-6,10,19H2,1-2H3,(H,20,21). The van der Waals surface area contributed by atoms with Gasteiger partial charge in [0.1, 0.15) is 0 Å². The predicted molar refractivity (Wildman–Crippen MR) is 95.7 cm³/mol. The summed E-state index contributed by atoms with van der Waals surface area (Å²) in [6.07, 6.45) is 6.75. The fraction of sp³-hybridized carbons (Fsp3) is 0.471. The van der Waals surface area contributed by atoms with Gasteiger partial charge in [-0.25, -0.2) is 0 Å². The fourth-order valence-electron chi connectivity index (χ4n) is 2.57. The van der Waals surface area contributed by atoms with Crippen LogP contribution in [0.3, 0.4) is 0 Å². The van der Waals surface area contributed by atoms with Crippen LogP contribution in [-0.4, -0.2) is 11.5 Å². The first-order valence-electron chi connectivity index (χ1n) is 7.73. The normalized spacial score (nSPS) is 12.5. The van der Waals surface area contributed by atoms with E-state index in [2.05, 4.69) is 46.1 Å². The number of anilines is 2. The molecule has 0 aliphatic rings. The maximum Gasteiger partial charge on any atom is 0.0743 e. The van der Waals surface area contributed by atoms with E-state index in [9.17, 15) is 0 Å². The molecule has 1 aromatic heterocycles. The molecule has 0 spiro atoms. The van der Waals surface area contributed by atoms with E-state index in [-0.39, 0.29) is 0 Å². The molecule has 0 fully saturated rings. The van der Waals surface area contributed by atoms with Crippen molar-refractivity contribution in [2.24, 2.45) is 5.92 Å². The Morgan fingerprint density at radius 2 is 2.14 bits per heavy atom. The fourth-order valence-corrected chi connectivity index (χ4v) is 2.93. The molecule has 0 aliphatic carbocycles. The largest absolute Gasteiger partial charge is 0.396 e. The van der Waals surface area contributed by atoms with E-state index in [1.54, 1.807) is 6.20 Å². The Hall–Kier alpha value is -1.29. The van der Waals surface area contributed by atoms with Crippen LogP contribution in [0.15, 0.2) is 28.9 Å². The third-order valence-electron chi connectivity index (χ3n) is 3.97. The Morgan fingerprint density at radius 1 is 1.33 bits per heavy atom. The van der Waals surface area contributed by atoms with Crippen molar-refractivity contribution in [3.8, 4) is 0 Å². The first kappa shape index (κ1) is 16.1. The Labute approximate surface area is 135 Å². The molecule has 2 rings (SSSR count). The Kier molecular flexibility index (Phi) is 5.85. The van der Waals surface area contributed by atoms with E-state index in [1.165, 1.54) is 25.7 Å². The quantitative estimate of drug-likeness (QED) is 0.721. The van der Waals surface area contributed by atoms with Gasteiger partial charge in [-0.05, 0) is 30.5 Å². The van der Waals surface area contributed by atoms with Gasteiger partial charge < -0.3 is 11.1 Å². The van der Waals surface area contributed by atoms with E-state index >= 15 is 0 Å². The summed E-state index contributed by atoms with van der Waals surface area (Å²) in [5.74, 6) is 0.694. The number of nitrogens with one attached hydrogen (secondary N) is 1. The molecule has 0 saturated heterocycles. The van der Waals surface area contributed by atoms with E-state index < -0.39 is 0 Å². The summed E-state index contributed by atoms with van der Waals surface area (Å²) in [4.78, 5) is 4.39. The molecule has 2 aromatic rings. The van der Waals surface area contributed by atoms with Crippen LogP contribution in [0.2, 0.25) is 0 Å². The molecule has 0 saturated carbocycles. The van der Waals surface area contributed by atoms with Gasteiger partial charge in [0.2, 0.25) is 0 Å². The van der Waals surface area contributed by atoms with E-state index in [0.717, 1.165) is 27.6 Å². The van der Waals surface area contributed by atoms with Crippen LogP contribution in [0.4, 0.5) is 11.4 Å². The Balaban J connectivity index is 2.20. The topological polar surface area (TPSA) is 50.9 Å². The average Bonchev–Trinajstić information content (AvgIpc) is 2.49. The number of fused-ring (bicyclic) bond motifs is 1. The van der Waals surface area contributed by atoms with Crippen LogP contribution in [0.5, 0.6) is 0 Å². The summed E-state index contributed by atoms with van der Waals surface area (Å²) < 4.78 is 1.04. The van der Waals surface area contributed by atoms with Crippen molar-refractivity contribution in [1.29, 1.82) is 0 Å². The van der Waals surface area contributed by atoms with Crippen molar-refractivity contribution in [2.75, 3.05) is 17.6 Å². The number of nitrogens with zero attached hydrogens (tertiary/aromatic N) is 1. The molecule has 21 heavy (non-hydrogen) atoms. The van der Waals surface area contributed by atoms with E-state index in [1.807, 2.05) is 12.1 Å².